The Morgan fingerprint density at radius 2 is 1.94 bits per heavy atom. The molecule has 1 aliphatic rings. The number of aromatic nitrogens is 4. The first-order valence-electron chi connectivity index (χ1n) is 10.6. The highest BCUT2D eigenvalue weighted by atomic mass is 16.5. The van der Waals surface area contributed by atoms with Gasteiger partial charge in [-0.1, -0.05) is 12.1 Å². The fraction of sp³-hybridized carbons (Fsp3) is 0.435. The Kier molecular flexibility index (Phi) is 6.66. The zero-order valence-corrected chi connectivity index (χ0v) is 18.4. The van der Waals surface area contributed by atoms with E-state index < -0.39 is 0 Å². The number of para-hydroxylation sites is 2. The van der Waals surface area contributed by atoms with Gasteiger partial charge in [-0.2, -0.15) is 5.10 Å². The summed E-state index contributed by atoms with van der Waals surface area (Å²) >= 11 is 0. The third kappa shape index (κ3) is 5.32. The minimum atomic E-state index is 0.446. The Morgan fingerprint density at radius 1 is 1.16 bits per heavy atom. The molecule has 0 saturated carbocycles. The average Bonchev–Trinajstić information content (AvgIpc) is 3.44. The molecule has 8 heteroatoms. The SMILES string of the molecule is COc1ccccc1OCCc1cc([C@H]2CCN(Cc3cnc(N(C)C)nc3)C2)n[nH]1. The van der Waals surface area contributed by atoms with Gasteiger partial charge in [0.25, 0.3) is 0 Å². The largest absolute Gasteiger partial charge is 0.493 e. The lowest BCUT2D eigenvalue weighted by Gasteiger charge is -2.16. The molecular formula is C23H30N6O2. The lowest BCUT2D eigenvalue weighted by atomic mass is 10.0. The normalized spacial score (nSPS) is 16.4. The number of benzene rings is 1. The van der Waals surface area contributed by atoms with Gasteiger partial charge in [-0.15, -0.1) is 0 Å². The molecule has 0 amide bonds. The van der Waals surface area contributed by atoms with Crippen LogP contribution in [0, 0.1) is 0 Å². The van der Waals surface area contributed by atoms with Crippen molar-refractivity contribution in [2.24, 2.45) is 0 Å². The van der Waals surface area contributed by atoms with E-state index in [1.165, 1.54) is 0 Å². The van der Waals surface area contributed by atoms with Crippen molar-refractivity contribution in [2.45, 2.75) is 25.3 Å². The first-order valence-corrected chi connectivity index (χ1v) is 10.6. The second-order valence-corrected chi connectivity index (χ2v) is 8.07. The number of hydrogen-bond acceptors (Lipinski definition) is 7. The van der Waals surface area contributed by atoms with Crippen LogP contribution in [0.5, 0.6) is 11.5 Å². The summed E-state index contributed by atoms with van der Waals surface area (Å²) in [4.78, 5) is 13.2. The average molecular weight is 423 g/mol. The highest BCUT2D eigenvalue weighted by molar-refractivity contribution is 5.39. The van der Waals surface area contributed by atoms with Gasteiger partial charge in [0, 0.05) is 63.2 Å². The molecule has 3 heterocycles. The van der Waals surface area contributed by atoms with Crippen LogP contribution in [-0.2, 0) is 13.0 Å². The summed E-state index contributed by atoms with van der Waals surface area (Å²) in [5.41, 5.74) is 3.37. The van der Waals surface area contributed by atoms with Gasteiger partial charge in [-0.3, -0.25) is 10.00 Å². The second kappa shape index (κ2) is 9.78. The lowest BCUT2D eigenvalue weighted by molar-refractivity contribution is 0.296. The molecule has 164 valence electrons. The molecule has 1 saturated heterocycles. The molecule has 8 nitrogen and oxygen atoms in total. The summed E-state index contributed by atoms with van der Waals surface area (Å²) in [6, 6.07) is 9.88. The van der Waals surface area contributed by atoms with Crippen LogP contribution in [0.15, 0.2) is 42.7 Å². The molecule has 3 aromatic rings. The smallest absolute Gasteiger partial charge is 0.224 e. The predicted molar refractivity (Wildman–Crippen MR) is 120 cm³/mol. The van der Waals surface area contributed by atoms with Crippen molar-refractivity contribution in [1.82, 2.24) is 25.1 Å². The van der Waals surface area contributed by atoms with Gasteiger partial charge in [0.1, 0.15) is 0 Å². The van der Waals surface area contributed by atoms with Gasteiger partial charge in [-0.05, 0) is 31.2 Å². The molecule has 1 fully saturated rings. The molecule has 1 aliphatic heterocycles. The van der Waals surface area contributed by atoms with Crippen molar-refractivity contribution >= 4 is 5.95 Å². The Balaban J connectivity index is 1.26. The summed E-state index contributed by atoms with van der Waals surface area (Å²) in [6.45, 7) is 3.49. The van der Waals surface area contributed by atoms with Crippen LogP contribution in [0.25, 0.3) is 0 Å². The highest BCUT2D eigenvalue weighted by Gasteiger charge is 2.26. The number of methoxy groups -OCH3 is 1. The van der Waals surface area contributed by atoms with E-state index in [-0.39, 0.29) is 0 Å². The van der Waals surface area contributed by atoms with E-state index >= 15 is 0 Å². The summed E-state index contributed by atoms with van der Waals surface area (Å²) in [7, 11) is 5.55. The molecular weight excluding hydrogens is 392 g/mol. The van der Waals surface area contributed by atoms with Gasteiger partial charge in [0.15, 0.2) is 11.5 Å². The molecule has 0 spiro atoms. The number of likely N-dealkylation sites (tertiary alicyclic amines) is 1. The third-order valence-electron chi connectivity index (χ3n) is 5.54. The van der Waals surface area contributed by atoms with Gasteiger partial charge in [0.2, 0.25) is 5.95 Å². The molecule has 1 N–H and O–H groups in total. The number of nitrogens with one attached hydrogen (secondary N) is 1. The predicted octanol–water partition coefficient (Wildman–Crippen LogP) is 2.89. The van der Waals surface area contributed by atoms with Crippen LogP contribution < -0.4 is 14.4 Å². The summed E-state index contributed by atoms with van der Waals surface area (Å²) in [6.07, 6.45) is 5.73. The van der Waals surface area contributed by atoms with Crippen LogP contribution in [0.2, 0.25) is 0 Å². The Morgan fingerprint density at radius 3 is 2.68 bits per heavy atom. The molecule has 0 unspecified atom stereocenters. The van der Waals surface area contributed by atoms with Crippen LogP contribution in [-0.4, -0.2) is 66.0 Å². The number of anilines is 1. The maximum Gasteiger partial charge on any atom is 0.224 e. The number of nitrogens with zero attached hydrogens (tertiary/aromatic N) is 5. The number of rotatable bonds is 9. The Labute approximate surface area is 183 Å². The van der Waals surface area contributed by atoms with E-state index in [0.717, 1.165) is 66.9 Å². The molecule has 2 aromatic heterocycles. The van der Waals surface area contributed by atoms with E-state index in [1.807, 2.05) is 55.7 Å². The van der Waals surface area contributed by atoms with Crippen molar-refractivity contribution < 1.29 is 9.47 Å². The van der Waals surface area contributed by atoms with E-state index in [0.29, 0.717) is 12.5 Å². The zero-order chi connectivity index (χ0) is 21.6. The highest BCUT2D eigenvalue weighted by Crippen LogP contribution is 2.28. The van der Waals surface area contributed by atoms with Crippen LogP contribution in [0.1, 0.15) is 29.3 Å². The number of aromatic amines is 1. The van der Waals surface area contributed by atoms with E-state index in [1.54, 1.807) is 7.11 Å². The van der Waals surface area contributed by atoms with Gasteiger partial charge < -0.3 is 14.4 Å². The first kappa shape index (κ1) is 21.1. The van der Waals surface area contributed by atoms with Crippen molar-refractivity contribution in [1.29, 1.82) is 0 Å². The zero-order valence-electron chi connectivity index (χ0n) is 18.4. The minimum Gasteiger partial charge on any atom is -0.493 e. The lowest BCUT2D eigenvalue weighted by Crippen LogP contribution is -2.20. The molecule has 0 bridgehead atoms. The summed E-state index contributed by atoms with van der Waals surface area (Å²) < 4.78 is 11.2. The van der Waals surface area contributed by atoms with Crippen molar-refractivity contribution in [3.05, 3.63) is 59.7 Å². The third-order valence-corrected chi connectivity index (χ3v) is 5.54. The van der Waals surface area contributed by atoms with Crippen LogP contribution >= 0.6 is 0 Å². The molecule has 31 heavy (non-hydrogen) atoms. The van der Waals surface area contributed by atoms with Crippen molar-refractivity contribution in [3.63, 3.8) is 0 Å². The minimum absolute atomic E-state index is 0.446. The maximum absolute atomic E-state index is 5.88. The fourth-order valence-electron chi connectivity index (χ4n) is 3.86. The van der Waals surface area contributed by atoms with Crippen LogP contribution in [0.3, 0.4) is 0 Å². The number of H-pyrrole nitrogens is 1. The monoisotopic (exact) mass is 422 g/mol. The molecule has 4 rings (SSSR count). The Hall–Kier alpha value is -3.13. The maximum atomic E-state index is 5.88. The first-order chi connectivity index (χ1) is 15.1. The topological polar surface area (TPSA) is 79.4 Å². The summed E-state index contributed by atoms with van der Waals surface area (Å²) in [5.74, 6) is 2.70. The Bertz CT molecular complexity index is 972. The van der Waals surface area contributed by atoms with Gasteiger partial charge in [0.05, 0.1) is 19.4 Å². The summed E-state index contributed by atoms with van der Waals surface area (Å²) in [5, 5.41) is 7.74. The van der Waals surface area contributed by atoms with E-state index in [2.05, 4.69) is 31.1 Å². The molecule has 1 aromatic carbocycles. The number of ether oxygens (including phenoxy) is 2. The quantitative estimate of drug-likeness (QED) is 0.568. The number of hydrogen-bond donors (Lipinski definition) is 1. The van der Waals surface area contributed by atoms with E-state index in [9.17, 15) is 0 Å². The standard InChI is InChI=1S/C23H30N6O2/c1-28(2)23-24-13-17(14-25-23)15-29-10-8-18(16-29)20-12-19(26-27-20)9-11-31-22-7-5-4-6-21(22)30-3/h4-7,12-14,18H,8-11,15-16H2,1-3H3,(H,26,27)/t18-/m0/s1. The van der Waals surface area contributed by atoms with E-state index in [4.69, 9.17) is 9.47 Å². The fourth-order valence-corrected chi connectivity index (χ4v) is 3.86. The second-order valence-electron chi connectivity index (χ2n) is 8.07. The van der Waals surface area contributed by atoms with Gasteiger partial charge >= 0.3 is 0 Å². The molecule has 0 radical (unpaired) electrons. The molecule has 0 aliphatic carbocycles. The molecule has 1 atom stereocenters. The van der Waals surface area contributed by atoms with Crippen LogP contribution in [0.4, 0.5) is 5.95 Å². The van der Waals surface area contributed by atoms with Crippen molar-refractivity contribution in [2.75, 3.05) is 45.8 Å². The van der Waals surface area contributed by atoms with Crippen molar-refractivity contribution in [3.8, 4) is 11.5 Å². The van der Waals surface area contributed by atoms with Gasteiger partial charge in [-0.25, -0.2) is 9.97 Å².